The molecule has 0 saturated heterocycles. The first-order chi connectivity index (χ1) is 13.1. The van der Waals surface area contributed by atoms with E-state index < -0.39 is 0 Å². The molecular formula is C18H19N5O4. The molecule has 1 aliphatic heterocycles. The van der Waals surface area contributed by atoms with Gasteiger partial charge in [0.2, 0.25) is 5.88 Å². The van der Waals surface area contributed by atoms with E-state index in [9.17, 15) is 4.79 Å². The Bertz CT molecular complexity index is 973. The van der Waals surface area contributed by atoms with Crippen molar-refractivity contribution in [1.29, 1.82) is 0 Å². The predicted molar refractivity (Wildman–Crippen MR) is 94.9 cm³/mol. The van der Waals surface area contributed by atoms with E-state index in [1.807, 2.05) is 25.1 Å². The van der Waals surface area contributed by atoms with Gasteiger partial charge >= 0.3 is 0 Å². The fourth-order valence-electron chi connectivity index (χ4n) is 2.78. The van der Waals surface area contributed by atoms with E-state index in [1.54, 1.807) is 24.1 Å². The molecule has 3 heterocycles. The van der Waals surface area contributed by atoms with Gasteiger partial charge in [-0.3, -0.25) is 4.79 Å². The molecule has 1 atom stereocenters. The molecule has 140 valence electrons. The molecule has 3 aromatic rings. The van der Waals surface area contributed by atoms with Crippen LogP contribution in [0, 0.1) is 0 Å². The van der Waals surface area contributed by atoms with Crippen molar-refractivity contribution in [2.75, 3.05) is 26.9 Å². The molecule has 27 heavy (non-hydrogen) atoms. The van der Waals surface area contributed by atoms with E-state index in [2.05, 4.69) is 15.3 Å². The Labute approximate surface area is 155 Å². The second-order valence-corrected chi connectivity index (χ2v) is 6.18. The average molecular weight is 369 g/mol. The highest BCUT2D eigenvalue weighted by atomic mass is 16.6. The first-order valence-corrected chi connectivity index (χ1v) is 8.57. The number of benzene rings is 1. The van der Waals surface area contributed by atoms with Gasteiger partial charge in [-0.1, -0.05) is 6.07 Å². The van der Waals surface area contributed by atoms with Crippen LogP contribution in [-0.4, -0.2) is 57.5 Å². The minimum Gasteiger partial charge on any atom is -0.486 e. The number of ether oxygens (including phenoxy) is 3. The summed E-state index contributed by atoms with van der Waals surface area (Å²) < 4.78 is 18.2. The molecule has 0 unspecified atom stereocenters. The Kier molecular flexibility index (Phi) is 4.49. The van der Waals surface area contributed by atoms with Crippen LogP contribution in [0.25, 0.3) is 5.65 Å². The van der Waals surface area contributed by atoms with Crippen molar-refractivity contribution in [3.63, 3.8) is 0 Å². The van der Waals surface area contributed by atoms with Crippen LogP contribution in [-0.2, 0) is 4.79 Å². The smallest absolute Gasteiger partial charge is 0.260 e. The summed E-state index contributed by atoms with van der Waals surface area (Å²) in [5, 5.41) is 11.8. The summed E-state index contributed by atoms with van der Waals surface area (Å²) in [6.07, 6.45) is 1.47. The topological polar surface area (TPSA) is 91.1 Å². The molecule has 9 nitrogen and oxygen atoms in total. The van der Waals surface area contributed by atoms with Crippen molar-refractivity contribution in [3.8, 4) is 17.4 Å². The molecule has 0 N–H and O–H groups in total. The van der Waals surface area contributed by atoms with Crippen molar-refractivity contribution in [3.05, 3.63) is 42.2 Å². The maximum Gasteiger partial charge on any atom is 0.260 e. The molecule has 9 heteroatoms. The first-order valence-electron chi connectivity index (χ1n) is 8.57. The highest BCUT2D eigenvalue weighted by Crippen LogP contribution is 2.33. The maximum absolute atomic E-state index is 12.5. The van der Waals surface area contributed by atoms with E-state index in [4.69, 9.17) is 14.2 Å². The molecule has 0 saturated carbocycles. The number of likely N-dealkylation sites (N-methyl/N-ethyl adjacent to an activating group) is 1. The van der Waals surface area contributed by atoms with Crippen molar-refractivity contribution in [2.45, 2.75) is 13.0 Å². The molecule has 0 bridgehead atoms. The lowest BCUT2D eigenvalue weighted by atomic mass is 10.1. The van der Waals surface area contributed by atoms with Crippen LogP contribution in [0.1, 0.15) is 18.5 Å². The van der Waals surface area contributed by atoms with Crippen molar-refractivity contribution in [1.82, 2.24) is 24.7 Å². The summed E-state index contributed by atoms with van der Waals surface area (Å²) in [6.45, 7) is 2.90. The summed E-state index contributed by atoms with van der Waals surface area (Å²) in [5.74, 6) is 1.60. The number of carbonyl (C=O) groups excluding carboxylic acids is 1. The summed E-state index contributed by atoms with van der Waals surface area (Å²) >= 11 is 0. The number of carbonyl (C=O) groups is 1. The summed E-state index contributed by atoms with van der Waals surface area (Å²) in [7, 11) is 1.74. The van der Waals surface area contributed by atoms with E-state index in [0.717, 1.165) is 11.3 Å². The predicted octanol–water partition coefficient (Wildman–Crippen LogP) is 1.49. The molecule has 1 aromatic carbocycles. The Morgan fingerprint density at radius 1 is 1.26 bits per heavy atom. The molecule has 1 amide bonds. The normalized spacial score (nSPS) is 14.0. The molecule has 0 spiro atoms. The quantitative estimate of drug-likeness (QED) is 0.673. The number of nitrogens with zero attached hydrogens (tertiary/aromatic N) is 5. The lowest BCUT2D eigenvalue weighted by Gasteiger charge is -2.27. The lowest BCUT2D eigenvalue weighted by molar-refractivity contribution is -0.134. The molecule has 0 fully saturated rings. The third-order valence-corrected chi connectivity index (χ3v) is 4.50. The van der Waals surface area contributed by atoms with Gasteiger partial charge in [-0.05, 0) is 30.7 Å². The zero-order chi connectivity index (χ0) is 18.8. The number of rotatable bonds is 5. The van der Waals surface area contributed by atoms with Crippen molar-refractivity contribution in [2.24, 2.45) is 0 Å². The van der Waals surface area contributed by atoms with Crippen LogP contribution in [0.4, 0.5) is 0 Å². The zero-order valence-electron chi connectivity index (χ0n) is 15.0. The largest absolute Gasteiger partial charge is 0.486 e. The van der Waals surface area contributed by atoms with Crippen LogP contribution in [0.5, 0.6) is 17.4 Å². The van der Waals surface area contributed by atoms with Gasteiger partial charge in [0.25, 0.3) is 5.91 Å². The van der Waals surface area contributed by atoms with Gasteiger partial charge in [-0.25, -0.2) is 0 Å². The molecule has 0 aliphatic carbocycles. The molecule has 2 aromatic heterocycles. The molecule has 0 radical (unpaired) electrons. The summed E-state index contributed by atoms with van der Waals surface area (Å²) in [6, 6.07) is 8.94. The average Bonchev–Trinajstić information content (AvgIpc) is 3.18. The van der Waals surface area contributed by atoms with E-state index in [-0.39, 0.29) is 18.6 Å². The van der Waals surface area contributed by atoms with Gasteiger partial charge in [-0.2, -0.15) is 4.52 Å². The van der Waals surface area contributed by atoms with E-state index >= 15 is 0 Å². The van der Waals surface area contributed by atoms with Gasteiger partial charge in [0.1, 0.15) is 19.5 Å². The Morgan fingerprint density at radius 3 is 2.93 bits per heavy atom. The maximum atomic E-state index is 12.5. The number of fused-ring (bicyclic) bond motifs is 2. The van der Waals surface area contributed by atoms with Crippen molar-refractivity contribution < 1.29 is 19.0 Å². The minimum absolute atomic E-state index is 0.119. The Balaban J connectivity index is 1.40. The standard InChI is InChI=1S/C18H19N5O4/c1-12(13-3-4-14-15(9-13)26-8-7-25-14)22(2)18(24)10-27-17-6-5-16-20-19-11-23(16)21-17/h3-6,9,11-12H,7-8,10H2,1-2H3/t12-/m1/s1. The molecule has 4 rings (SSSR count). The first kappa shape index (κ1) is 17.1. The Morgan fingerprint density at radius 2 is 2.07 bits per heavy atom. The second-order valence-electron chi connectivity index (χ2n) is 6.18. The van der Waals surface area contributed by atoms with Gasteiger partial charge in [-0.15, -0.1) is 15.3 Å². The van der Waals surface area contributed by atoms with Gasteiger partial charge < -0.3 is 19.1 Å². The van der Waals surface area contributed by atoms with Crippen LogP contribution in [0.15, 0.2) is 36.7 Å². The summed E-state index contributed by atoms with van der Waals surface area (Å²) in [4.78, 5) is 14.1. The van der Waals surface area contributed by atoms with Crippen LogP contribution >= 0.6 is 0 Å². The van der Waals surface area contributed by atoms with Crippen LogP contribution < -0.4 is 14.2 Å². The minimum atomic E-state index is -0.164. The second kappa shape index (κ2) is 7.10. The van der Waals surface area contributed by atoms with Crippen LogP contribution in [0.3, 0.4) is 0 Å². The fourth-order valence-corrected chi connectivity index (χ4v) is 2.78. The zero-order valence-corrected chi connectivity index (χ0v) is 15.0. The molecule has 1 aliphatic rings. The van der Waals surface area contributed by atoms with E-state index in [1.165, 1.54) is 10.8 Å². The number of hydrogen-bond donors (Lipinski definition) is 0. The van der Waals surface area contributed by atoms with Gasteiger partial charge in [0, 0.05) is 13.1 Å². The monoisotopic (exact) mass is 369 g/mol. The van der Waals surface area contributed by atoms with E-state index in [0.29, 0.717) is 30.5 Å². The SMILES string of the molecule is C[C@H](c1ccc2c(c1)OCCO2)N(C)C(=O)COc1ccc2nncn2n1. The highest BCUT2D eigenvalue weighted by Gasteiger charge is 2.21. The fraction of sp³-hybridized carbons (Fsp3) is 0.333. The Hall–Kier alpha value is -3.36. The highest BCUT2D eigenvalue weighted by molar-refractivity contribution is 5.78. The van der Waals surface area contributed by atoms with Crippen LogP contribution in [0.2, 0.25) is 0 Å². The molecular weight excluding hydrogens is 350 g/mol. The van der Waals surface area contributed by atoms with Gasteiger partial charge in [0.05, 0.1) is 6.04 Å². The third-order valence-electron chi connectivity index (χ3n) is 4.50. The third kappa shape index (κ3) is 3.48. The van der Waals surface area contributed by atoms with Gasteiger partial charge in [0.15, 0.2) is 23.8 Å². The lowest BCUT2D eigenvalue weighted by Crippen LogP contribution is -2.33. The number of aromatic nitrogens is 4. The van der Waals surface area contributed by atoms with Crippen molar-refractivity contribution >= 4 is 11.6 Å². The number of hydrogen-bond acceptors (Lipinski definition) is 7. The summed E-state index contributed by atoms with van der Waals surface area (Å²) in [5.41, 5.74) is 1.57. The number of amides is 1.